The van der Waals surface area contributed by atoms with Crippen molar-refractivity contribution in [1.29, 1.82) is 0 Å². The summed E-state index contributed by atoms with van der Waals surface area (Å²) in [6, 6.07) is 6.62. The molecule has 2 aromatic carbocycles. The first kappa shape index (κ1) is 19.7. The van der Waals surface area contributed by atoms with Crippen LogP contribution in [-0.4, -0.2) is 38.4 Å². The topological polar surface area (TPSA) is 179 Å². The number of amides is 2. The SMILES string of the molecule is COc1ccc(C(=O)O)cc1S(=O)(=O)Nc1cc(C(N)=O)cc(C(N)=O)c1. The van der Waals surface area contributed by atoms with Crippen LogP contribution in [-0.2, 0) is 10.0 Å². The van der Waals surface area contributed by atoms with Crippen LogP contribution in [0.4, 0.5) is 5.69 Å². The number of hydrogen-bond donors (Lipinski definition) is 4. The Morgan fingerprint density at radius 3 is 1.96 bits per heavy atom. The number of rotatable bonds is 7. The van der Waals surface area contributed by atoms with Gasteiger partial charge in [0, 0.05) is 11.1 Å². The van der Waals surface area contributed by atoms with Gasteiger partial charge in [0.25, 0.3) is 10.0 Å². The highest BCUT2D eigenvalue weighted by molar-refractivity contribution is 7.92. The molecule has 10 nitrogen and oxygen atoms in total. The summed E-state index contributed by atoms with van der Waals surface area (Å²) in [6.45, 7) is 0. The number of benzene rings is 2. The predicted molar refractivity (Wildman–Crippen MR) is 94.2 cm³/mol. The average Bonchev–Trinajstić information content (AvgIpc) is 2.60. The maximum Gasteiger partial charge on any atom is 0.335 e. The Kier molecular flexibility index (Phi) is 5.36. The highest BCUT2D eigenvalue weighted by Gasteiger charge is 2.23. The third kappa shape index (κ3) is 4.33. The Labute approximate surface area is 153 Å². The molecule has 0 aliphatic heterocycles. The van der Waals surface area contributed by atoms with Gasteiger partial charge in [-0.3, -0.25) is 14.3 Å². The van der Waals surface area contributed by atoms with Gasteiger partial charge in [-0.05, 0) is 36.4 Å². The summed E-state index contributed by atoms with van der Waals surface area (Å²) in [6.07, 6.45) is 0. The zero-order valence-electron chi connectivity index (χ0n) is 13.9. The molecule has 2 amide bonds. The molecule has 142 valence electrons. The lowest BCUT2D eigenvalue weighted by molar-refractivity contribution is 0.0696. The van der Waals surface area contributed by atoms with Gasteiger partial charge in [-0.15, -0.1) is 0 Å². The molecule has 27 heavy (non-hydrogen) atoms. The van der Waals surface area contributed by atoms with E-state index in [0.717, 1.165) is 24.3 Å². The number of primary amides is 2. The first-order chi connectivity index (χ1) is 12.5. The molecule has 0 unspecified atom stereocenters. The quantitative estimate of drug-likeness (QED) is 0.525. The van der Waals surface area contributed by atoms with Crippen molar-refractivity contribution in [3.8, 4) is 5.75 Å². The van der Waals surface area contributed by atoms with E-state index < -0.39 is 32.7 Å². The molecule has 0 heterocycles. The third-order valence-corrected chi connectivity index (χ3v) is 4.86. The minimum absolute atomic E-state index is 0.103. The number of ether oxygens (including phenoxy) is 1. The largest absolute Gasteiger partial charge is 0.495 e. The lowest BCUT2D eigenvalue weighted by Gasteiger charge is -2.13. The fraction of sp³-hybridized carbons (Fsp3) is 0.0625. The van der Waals surface area contributed by atoms with Crippen LogP contribution in [0.3, 0.4) is 0 Å². The van der Waals surface area contributed by atoms with Crippen LogP contribution < -0.4 is 20.9 Å². The van der Waals surface area contributed by atoms with Crippen molar-refractivity contribution in [3.63, 3.8) is 0 Å². The minimum Gasteiger partial charge on any atom is -0.495 e. The monoisotopic (exact) mass is 393 g/mol. The number of methoxy groups -OCH3 is 1. The molecule has 0 saturated heterocycles. The summed E-state index contributed by atoms with van der Waals surface area (Å²) >= 11 is 0. The molecular weight excluding hydrogens is 378 g/mol. The molecule has 0 saturated carbocycles. The van der Waals surface area contributed by atoms with Gasteiger partial charge in [0.05, 0.1) is 18.4 Å². The van der Waals surface area contributed by atoms with Crippen molar-refractivity contribution in [1.82, 2.24) is 0 Å². The Morgan fingerprint density at radius 1 is 0.963 bits per heavy atom. The Morgan fingerprint density at radius 2 is 1.52 bits per heavy atom. The van der Waals surface area contributed by atoms with Crippen LogP contribution in [0, 0.1) is 0 Å². The second kappa shape index (κ2) is 7.33. The predicted octanol–water partition coefficient (Wildman–Crippen LogP) is 0.392. The van der Waals surface area contributed by atoms with Gasteiger partial charge < -0.3 is 21.3 Å². The molecule has 0 spiro atoms. The number of carbonyl (C=O) groups excluding carboxylic acids is 2. The van der Waals surface area contributed by atoms with Crippen LogP contribution in [0.15, 0.2) is 41.3 Å². The van der Waals surface area contributed by atoms with Gasteiger partial charge in [-0.25, -0.2) is 13.2 Å². The molecule has 0 atom stereocenters. The third-order valence-electron chi connectivity index (χ3n) is 3.45. The number of carboxylic acids is 1. The molecule has 0 aliphatic rings. The van der Waals surface area contributed by atoms with Crippen molar-refractivity contribution < 1.29 is 32.6 Å². The van der Waals surface area contributed by atoms with E-state index in [1.165, 1.54) is 19.2 Å². The average molecular weight is 393 g/mol. The summed E-state index contributed by atoms with van der Waals surface area (Å²) in [4.78, 5) is 33.5. The Balaban J connectivity index is 2.57. The fourth-order valence-electron chi connectivity index (χ4n) is 2.20. The van der Waals surface area contributed by atoms with Gasteiger partial charge in [-0.2, -0.15) is 0 Å². The van der Waals surface area contributed by atoms with Crippen LogP contribution in [0.25, 0.3) is 0 Å². The van der Waals surface area contributed by atoms with Crippen molar-refractivity contribution in [3.05, 3.63) is 53.1 Å². The highest BCUT2D eigenvalue weighted by atomic mass is 32.2. The van der Waals surface area contributed by atoms with Crippen molar-refractivity contribution in [2.45, 2.75) is 4.90 Å². The van der Waals surface area contributed by atoms with Crippen molar-refractivity contribution >= 4 is 33.5 Å². The van der Waals surface area contributed by atoms with E-state index in [1.54, 1.807) is 0 Å². The number of sulfonamides is 1. The summed E-state index contributed by atoms with van der Waals surface area (Å²) in [5.41, 5.74) is 9.62. The number of hydrogen-bond acceptors (Lipinski definition) is 6. The molecule has 0 radical (unpaired) electrons. The van der Waals surface area contributed by atoms with E-state index in [2.05, 4.69) is 4.72 Å². The van der Waals surface area contributed by atoms with E-state index in [1.807, 2.05) is 0 Å². The molecule has 0 bridgehead atoms. The molecule has 0 aliphatic carbocycles. The first-order valence-corrected chi connectivity index (χ1v) is 8.72. The van der Waals surface area contributed by atoms with E-state index in [9.17, 15) is 22.8 Å². The minimum atomic E-state index is -4.34. The Hall–Kier alpha value is -3.60. The molecule has 11 heteroatoms. The zero-order valence-corrected chi connectivity index (χ0v) is 14.7. The number of anilines is 1. The highest BCUT2D eigenvalue weighted by Crippen LogP contribution is 2.27. The second-order valence-corrected chi connectivity index (χ2v) is 6.95. The van der Waals surface area contributed by atoms with E-state index in [-0.39, 0.29) is 28.1 Å². The number of carboxylic acid groups (broad SMARTS) is 1. The molecule has 6 N–H and O–H groups in total. The molecule has 0 aromatic heterocycles. The molecule has 0 fully saturated rings. The fourth-order valence-corrected chi connectivity index (χ4v) is 3.44. The molecule has 2 aromatic rings. The van der Waals surface area contributed by atoms with Crippen LogP contribution in [0.1, 0.15) is 31.1 Å². The van der Waals surface area contributed by atoms with E-state index >= 15 is 0 Å². The van der Waals surface area contributed by atoms with Gasteiger partial charge in [0.2, 0.25) is 11.8 Å². The van der Waals surface area contributed by atoms with Gasteiger partial charge in [0.1, 0.15) is 10.6 Å². The summed E-state index contributed by atoms with van der Waals surface area (Å²) in [5, 5.41) is 9.06. The second-order valence-electron chi connectivity index (χ2n) is 5.30. The summed E-state index contributed by atoms with van der Waals surface area (Å²) in [5.74, 6) is -3.23. The smallest absolute Gasteiger partial charge is 0.335 e. The summed E-state index contributed by atoms with van der Waals surface area (Å²) in [7, 11) is -3.12. The number of nitrogens with one attached hydrogen (secondary N) is 1. The lowest BCUT2D eigenvalue weighted by atomic mass is 10.1. The molecular formula is C16H15N3O7S. The van der Waals surface area contributed by atoms with Crippen LogP contribution in [0.2, 0.25) is 0 Å². The number of aromatic carboxylic acids is 1. The lowest BCUT2D eigenvalue weighted by Crippen LogP contribution is -2.19. The normalized spacial score (nSPS) is 10.9. The first-order valence-electron chi connectivity index (χ1n) is 7.24. The number of nitrogens with two attached hydrogens (primary N) is 2. The van der Waals surface area contributed by atoms with Crippen molar-refractivity contribution in [2.75, 3.05) is 11.8 Å². The molecule has 2 rings (SSSR count). The van der Waals surface area contributed by atoms with Crippen molar-refractivity contribution in [2.24, 2.45) is 11.5 Å². The standard InChI is InChI=1S/C16H15N3O7S/c1-26-12-3-2-8(16(22)23)7-13(12)27(24,25)19-11-5-9(14(17)20)4-10(6-11)15(18)21/h2-7,19H,1H3,(H2,17,20)(H2,18,21)(H,22,23). The zero-order chi connectivity index (χ0) is 20.4. The van der Waals surface area contributed by atoms with Gasteiger partial charge >= 0.3 is 5.97 Å². The van der Waals surface area contributed by atoms with Gasteiger partial charge in [0.15, 0.2) is 0 Å². The van der Waals surface area contributed by atoms with Crippen LogP contribution >= 0.6 is 0 Å². The van der Waals surface area contributed by atoms with Gasteiger partial charge in [-0.1, -0.05) is 0 Å². The number of carbonyl (C=O) groups is 3. The maximum absolute atomic E-state index is 12.7. The maximum atomic E-state index is 12.7. The van der Waals surface area contributed by atoms with E-state index in [0.29, 0.717) is 0 Å². The van der Waals surface area contributed by atoms with Crippen LogP contribution in [0.5, 0.6) is 5.75 Å². The summed E-state index contributed by atoms with van der Waals surface area (Å²) < 4.78 is 32.5. The van der Waals surface area contributed by atoms with E-state index in [4.69, 9.17) is 21.3 Å². The Bertz CT molecular complexity index is 1020.